The highest BCUT2D eigenvalue weighted by Crippen LogP contribution is 2.39. The molecule has 2 heteroatoms. The molecule has 2 aliphatic carbocycles. The molecule has 19 heavy (non-hydrogen) atoms. The Morgan fingerprint density at radius 1 is 0.947 bits per heavy atom. The van der Waals surface area contributed by atoms with Crippen LogP contribution in [0.3, 0.4) is 0 Å². The summed E-state index contributed by atoms with van der Waals surface area (Å²) in [5.41, 5.74) is 1.09. The number of rotatable bonds is 4. The summed E-state index contributed by atoms with van der Waals surface area (Å²) >= 11 is 0. The fourth-order valence-corrected chi connectivity index (χ4v) is 4.04. The molecule has 2 N–H and O–H groups in total. The summed E-state index contributed by atoms with van der Waals surface area (Å²) in [6.07, 6.45) is 11.1. The lowest BCUT2D eigenvalue weighted by Gasteiger charge is -2.31. The monoisotopic (exact) mass is 259 g/mol. The van der Waals surface area contributed by atoms with Crippen LogP contribution in [0.5, 0.6) is 5.75 Å². The first-order valence-electron chi connectivity index (χ1n) is 7.88. The zero-order chi connectivity index (χ0) is 13.1. The molecule has 2 saturated carbocycles. The summed E-state index contributed by atoms with van der Waals surface area (Å²) in [6, 6.07) is 8.23. The largest absolute Gasteiger partial charge is 0.508 e. The summed E-state index contributed by atoms with van der Waals surface area (Å²) < 4.78 is 0. The van der Waals surface area contributed by atoms with E-state index in [4.69, 9.17) is 0 Å². The van der Waals surface area contributed by atoms with E-state index >= 15 is 0 Å². The number of hydrogen-bond donors (Lipinski definition) is 2. The van der Waals surface area contributed by atoms with E-state index < -0.39 is 0 Å². The smallest absolute Gasteiger partial charge is 0.117 e. The summed E-state index contributed by atoms with van der Waals surface area (Å²) in [5.74, 6) is 2.04. The van der Waals surface area contributed by atoms with E-state index in [1.54, 1.807) is 6.07 Å². The first kappa shape index (κ1) is 12.8. The van der Waals surface area contributed by atoms with Crippen LogP contribution in [0, 0.1) is 11.8 Å². The van der Waals surface area contributed by atoms with Gasteiger partial charge < -0.3 is 10.4 Å². The van der Waals surface area contributed by atoms with Crippen molar-refractivity contribution in [2.45, 2.75) is 57.4 Å². The second-order valence-electron chi connectivity index (χ2n) is 6.31. The fourth-order valence-electron chi connectivity index (χ4n) is 4.04. The predicted octanol–water partition coefficient (Wildman–Crippen LogP) is 4.55. The molecule has 0 atom stereocenters. The maximum atomic E-state index is 9.62. The van der Waals surface area contributed by atoms with Gasteiger partial charge in [-0.15, -0.1) is 0 Å². The van der Waals surface area contributed by atoms with E-state index in [0.717, 1.165) is 17.5 Å². The minimum absolute atomic E-state index is 0.363. The molecule has 104 valence electrons. The van der Waals surface area contributed by atoms with Crippen LogP contribution in [0.1, 0.15) is 51.4 Å². The van der Waals surface area contributed by atoms with Gasteiger partial charge in [0.15, 0.2) is 0 Å². The first-order valence-corrected chi connectivity index (χ1v) is 7.88. The lowest BCUT2D eigenvalue weighted by atomic mass is 9.85. The Kier molecular flexibility index (Phi) is 3.95. The Hall–Kier alpha value is -1.18. The minimum atomic E-state index is 0.363. The molecular formula is C17H25NO. The third kappa shape index (κ3) is 3.05. The van der Waals surface area contributed by atoms with Crippen LogP contribution in [0.25, 0.3) is 0 Å². The molecule has 0 spiro atoms. The average Bonchev–Trinajstić information content (AvgIpc) is 3.10. The van der Waals surface area contributed by atoms with Crippen LogP contribution >= 0.6 is 0 Å². The second-order valence-corrected chi connectivity index (χ2v) is 6.31. The van der Waals surface area contributed by atoms with Gasteiger partial charge in [0.1, 0.15) is 5.75 Å². The Bertz CT molecular complexity index is 389. The van der Waals surface area contributed by atoms with E-state index in [1.165, 1.54) is 51.4 Å². The van der Waals surface area contributed by atoms with Crippen molar-refractivity contribution in [3.05, 3.63) is 24.3 Å². The number of benzene rings is 1. The number of phenols is 1. The van der Waals surface area contributed by atoms with Crippen LogP contribution in [0.4, 0.5) is 5.69 Å². The Balaban J connectivity index is 1.74. The maximum absolute atomic E-state index is 9.62. The number of phenolic OH excluding ortho intramolecular Hbond substituents is 1. The van der Waals surface area contributed by atoms with Gasteiger partial charge in [-0.05, 0) is 49.7 Å². The Labute approximate surface area is 116 Å². The van der Waals surface area contributed by atoms with Gasteiger partial charge in [-0.2, -0.15) is 0 Å². The zero-order valence-corrected chi connectivity index (χ0v) is 11.6. The molecule has 0 aromatic heterocycles. The Morgan fingerprint density at radius 3 is 2.05 bits per heavy atom. The molecule has 1 aromatic rings. The molecule has 3 rings (SSSR count). The number of nitrogens with one attached hydrogen (secondary N) is 1. The molecule has 0 heterocycles. The van der Waals surface area contributed by atoms with Gasteiger partial charge in [-0.3, -0.25) is 0 Å². The minimum Gasteiger partial charge on any atom is -0.508 e. The van der Waals surface area contributed by atoms with E-state index in [-0.39, 0.29) is 0 Å². The Morgan fingerprint density at radius 2 is 1.53 bits per heavy atom. The molecule has 0 saturated heterocycles. The van der Waals surface area contributed by atoms with Gasteiger partial charge in [0, 0.05) is 17.8 Å². The molecule has 0 aliphatic heterocycles. The highest BCUT2D eigenvalue weighted by molar-refractivity contribution is 5.48. The van der Waals surface area contributed by atoms with Crippen LogP contribution < -0.4 is 5.32 Å². The lowest BCUT2D eigenvalue weighted by Crippen LogP contribution is -2.34. The van der Waals surface area contributed by atoms with E-state index in [0.29, 0.717) is 11.8 Å². The summed E-state index contributed by atoms with van der Waals surface area (Å²) in [7, 11) is 0. The van der Waals surface area contributed by atoms with Crippen molar-refractivity contribution in [3.63, 3.8) is 0 Å². The molecule has 0 bridgehead atoms. The van der Waals surface area contributed by atoms with Gasteiger partial charge in [-0.1, -0.05) is 31.7 Å². The van der Waals surface area contributed by atoms with Gasteiger partial charge in [-0.25, -0.2) is 0 Å². The van der Waals surface area contributed by atoms with E-state index in [1.807, 2.05) is 12.1 Å². The first-order chi connectivity index (χ1) is 9.33. The summed E-state index contributed by atoms with van der Waals surface area (Å²) in [4.78, 5) is 0. The molecule has 1 aromatic carbocycles. The van der Waals surface area contributed by atoms with Crippen LogP contribution in [-0.2, 0) is 0 Å². The average molecular weight is 259 g/mol. The third-order valence-corrected chi connectivity index (χ3v) is 4.99. The van der Waals surface area contributed by atoms with Crippen molar-refractivity contribution in [2.75, 3.05) is 5.32 Å². The van der Waals surface area contributed by atoms with Crippen molar-refractivity contribution < 1.29 is 5.11 Å². The summed E-state index contributed by atoms with van der Waals surface area (Å²) in [5, 5.41) is 13.4. The molecule has 0 unspecified atom stereocenters. The van der Waals surface area contributed by atoms with Crippen molar-refractivity contribution in [1.29, 1.82) is 0 Å². The molecular weight excluding hydrogens is 234 g/mol. The predicted molar refractivity (Wildman–Crippen MR) is 79.4 cm³/mol. The van der Waals surface area contributed by atoms with Crippen molar-refractivity contribution in [1.82, 2.24) is 0 Å². The molecule has 2 nitrogen and oxygen atoms in total. The highest BCUT2D eigenvalue weighted by atomic mass is 16.3. The maximum Gasteiger partial charge on any atom is 0.117 e. The number of anilines is 1. The van der Waals surface area contributed by atoms with Gasteiger partial charge in [0.25, 0.3) is 0 Å². The molecule has 2 aliphatic rings. The van der Waals surface area contributed by atoms with E-state index in [2.05, 4.69) is 11.4 Å². The summed E-state index contributed by atoms with van der Waals surface area (Å²) in [6.45, 7) is 0. The molecule has 0 radical (unpaired) electrons. The topological polar surface area (TPSA) is 32.3 Å². The van der Waals surface area contributed by atoms with Crippen molar-refractivity contribution in [3.8, 4) is 5.75 Å². The SMILES string of the molecule is Oc1cccc(NC(C2CCCC2)C2CCCC2)c1. The second kappa shape index (κ2) is 5.85. The zero-order valence-electron chi connectivity index (χ0n) is 11.6. The van der Waals surface area contributed by atoms with Crippen LogP contribution in [0.2, 0.25) is 0 Å². The lowest BCUT2D eigenvalue weighted by molar-refractivity contribution is 0.338. The normalized spacial score (nSPS) is 21.3. The number of aromatic hydroxyl groups is 1. The number of hydrogen-bond acceptors (Lipinski definition) is 2. The van der Waals surface area contributed by atoms with Crippen molar-refractivity contribution in [2.24, 2.45) is 11.8 Å². The molecule has 2 fully saturated rings. The van der Waals surface area contributed by atoms with Gasteiger partial charge in [0.05, 0.1) is 0 Å². The molecule has 0 amide bonds. The fraction of sp³-hybridized carbons (Fsp3) is 0.647. The van der Waals surface area contributed by atoms with Crippen LogP contribution in [-0.4, -0.2) is 11.1 Å². The standard InChI is InChI=1S/C17H25NO/c19-16-11-5-10-15(12-16)18-17(13-6-1-2-7-13)14-8-3-4-9-14/h5,10-14,17-19H,1-4,6-9H2. The van der Waals surface area contributed by atoms with E-state index in [9.17, 15) is 5.11 Å². The van der Waals surface area contributed by atoms with Gasteiger partial charge in [0.2, 0.25) is 0 Å². The quantitative estimate of drug-likeness (QED) is 0.831. The third-order valence-electron chi connectivity index (χ3n) is 4.99. The highest BCUT2D eigenvalue weighted by Gasteiger charge is 2.33. The van der Waals surface area contributed by atoms with Crippen molar-refractivity contribution >= 4 is 5.69 Å². The van der Waals surface area contributed by atoms with Crippen LogP contribution in [0.15, 0.2) is 24.3 Å². The van der Waals surface area contributed by atoms with Gasteiger partial charge >= 0.3 is 0 Å².